The Balaban J connectivity index is 1.95. The highest BCUT2D eigenvalue weighted by Crippen LogP contribution is 2.51. The van der Waals surface area contributed by atoms with Crippen molar-refractivity contribution in [1.29, 1.82) is 0 Å². The Morgan fingerprint density at radius 1 is 1.18 bits per heavy atom. The predicted molar refractivity (Wildman–Crippen MR) is 62.7 cm³/mol. The molecule has 1 spiro atoms. The molecule has 1 saturated heterocycles. The van der Waals surface area contributed by atoms with Crippen LogP contribution in [0.1, 0.15) is 51.4 Å². The first kappa shape index (κ1) is 13.0. The van der Waals surface area contributed by atoms with Crippen molar-refractivity contribution in [3.8, 4) is 0 Å². The van der Waals surface area contributed by atoms with E-state index < -0.39 is 11.2 Å². The normalized spacial score (nSPS) is 36.8. The van der Waals surface area contributed by atoms with Gasteiger partial charge in [-0.25, -0.2) is 0 Å². The lowest BCUT2D eigenvalue weighted by Gasteiger charge is -2.56. The molecule has 0 unspecified atom stereocenters. The Morgan fingerprint density at radius 3 is 2.53 bits per heavy atom. The molecular formula is C13H22O4. The lowest BCUT2D eigenvalue weighted by Crippen LogP contribution is -2.69. The largest absolute Gasteiger partial charge is 0.396 e. The Hall–Kier alpha value is -0.450. The minimum Gasteiger partial charge on any atom is -0.396 e. The molecule has 2 aliphatic rings. The molecule has 4 heteroatoms. The quantitative estimate of drug-likeness (QED) is 0.710. The van der Waals surface area contributed by atoms with Crippen LogP contribution in [-0.4, -0.2) is 40.4 Å². The molecule has 1 saturated carbocycles. The number of rotatable bonds is 5. The number of unbranched alkanes of at least 4 members (excludes halogenated alkanes) is 1. The highest BCUT2D eigenvalue weighted by atomic mass is 16.5. The fourth-order valence-corrected chi connectivity index (χ4v) is 3.01. The molecule has 0 bridgehead atoms. The molecule has 1 heterocycles. The minimum atomic E-state index is -1.25. The Morgan fingerprint density at radius 2 is 2.00 bits per heavy atom. The number of carbonyl (C=O) groups excluding carboxylic acids is 1. The Kier molecular flexibility index (Phi) is 3.85. The first-order valence-corrected chi connectivity index (χ1v) is 6.65. The van der Waals surface area contributed by atoms with E-state index >= 15 is 0 Å². The van der Waals surface area contributed by atoms with Crippen molar-refractivity contribution >= 4 is 5.78 Å². The summed E-state index contributed by atoms with van der Waals surface area (Å²) in [6, 6.07) is 0. The third-order valence-electron chi connectivity index (χ3n) is 4.27. The van der Waals surface area contributed by atoms with E-state index in [-0.39, 0.29) is 12.4 Å². The molecule has 2 rings (SSSR count). The van der Waals surface area contributed by atoms with Crippen molar-refractivity contribution in [2.24, 2.45) is 0 Å². The summed E-state index contributed by atoms with van der Waals surface area (Å²) in [5.74, 6) is -0.0981. The lowest BCUT2D eigenvalue weighted by molar-refractivity contribution is -0.252. The van der Waals surface area contributed by atoms with E-state index in [9.17, 15) is 9.90 Å². The highest BCUT2D eigenvalue weighted by Gasteiger charge is 2.63. The SMILES string of the molecule is O=C(CCCCO)[C@@]1(O)CC[C@]12CCCCO2. The van der Waals surface area contributed by atoms with Crippen LogP contribution in [-0.2, 0) is 9.53 Å². The fourth-order valence-electron chi connectivity index (χ4n) is 3.01. The number of Topliss-reactive ketones (excluding diaryl/α,β-unsaturated/α-hetero) is 1. The highest BCUT2D eigenvalue weighted by molar-refractivity contribution is 5.89. The van der Waals surface area contributed by atoms with E-state index in [1.165, 1.54) is 0 Å². The summed E-state index contributed by atoms with van der Waals surface area (Å²) in [5, 5.41) is 19.2. The number of hydrogen-bond donors (Lipinski definition) is 2. The zero-order valence-corrected chi connectivity index (χ0v) is 10.3. The summed E-state index contributed by atoms with van der Waals surface area (Å²) in [6.07, 6.45) is 5.81. The van der Waals surface area contributed by atoms with E-state index in [2.05, 4.69) is 0 Å². The smallest absolute Gasteiger partial charge is 0.167 e. The summed E-state index contributed by atoms with van der Waals surface area (Å²) in [4.78, 5) is 12.1. The molecule has 17 heavy (non-hydrogen) atoms. The van der Waals surface area contributed by atoms with E-state index in [0.29, 0.717) is 32.3 Å². The molecule has 1 aliphatic heterocycles. The van der Waals surface area contributed by atoms with E-state index in [1.807, 2.05) is 0 Å². The van der Waals surface area contributed by atoms with Crippen molar-refractivity contribution < 1.29 is 19.7 Å². The van der Waals surface area contributed by atoms with Gasteiger partial charge in [-0.15, -0.1) is 0 Å². The second-order valence-corrected chi connectivity index (χ2v) is 5.26. The first-order valence-electron chi connectivity index (χ1n) is 6.65. The molecule has 0 aromatic rings. The van der Waals surface area contributed by atoms with Gasteiger partial charge in [0, 0.05) is 19.6 Å². The van der Waals surface area contributed by atoms with Gasteiger partial charge >= 0.3 is 0 Å². The summed E-state index contributed by atoms with van der Waals surface area (Å²) in [7, 11) is 0. The third-order valence-corrected chi connectivity index (χ3v) is 4.27. The Labute approximate surface area is 102 Å². The van der Waals surface area contributed by atoms with Gasteiger partial charge in [-0.1, -0.05) is 0 Å². The van der Waals surface area contributed by atoms with Gasteiger partial charge in [-0.05, 0) is 44.9 Å². The monoisotopic (exact) mass is 242 g/mol. The molecule has 2 N–H and O–H groups in total. The maximum atomic E-state index is 12.1. The van der Waals surface area contributed by atoms with Gasteiger partial charge in [0.15, 0.2) is 11.4 Å². The number of hydrogen-bond acceptors (Lipinski definition) is 4. The topological polar surface area (TPSA) is 66.8 Å². The van der Waals surface area contributed by atoms with Crippen LogP contribution in [0.2, 0.25) is 0 Å². The molecule has 0 amide bonds. The number of ether oxygens (including phenoxy) is 1. The average Bonchev–Trinajstić information content (AvgIpc) is 2.37. The van der Waals surface area contributed by atoms with Gasteiger partial charge in [0.25, 0.3) is 0 Å². The van der Waals surface area contributed by atoms with Crippen molar-refractivity contribution in [2.75, 3.05) is 13.2 Å². The molecule has 0 aromatic carbocycles. The van der Waals surface area contributed by atoms with Crippen LogP contribution < -0.4 is 0 Å². The number of aliphatic hydroxyl groups excluding tert-OH is 1. The molecule has 4 nitrogen and oxygen atoms in total. The van der Waals surface area contributed by atoms with E-state index in [1.54, 1.807) is 0 Å². The van der Waals surface area contributed by atoms with Crippen LogP contribution in [0.25, 0.3) is 0 Å². The number of aliphatic hydroxyl groups is 2. The van der Waals surface area contributed by atoms with Crippen LogP contribution in [0, 0.1) is 0 Å². The van der Waals surface area contributed by atoms with Crippen molar-refractivity contribution in [1.82, 2.24) is 0 Å². The molecule has 2 atom stereocenters. The average molecular weight is 242 g/mol. The summed E-state index contributed by atoms with van der Waals surface area (Å²) in [5.41, 5.74) is -1.83. The van der Waals surface area contributed by atoms with Crippen molar-refractivity contribution in [2.45, 2.75) is 62.6 Å². The number of carbonyl (C=O) groups is 1. The molecule has 0 aromatic heterocycles. The third kappa shape index (κ3) is 2.14. The zero-order valence-electron chi connectivity index (χ0n) is 10.3. The molecule has 2 fully saturated rings. The van der Waals surface area contributed by atoms with Crippen LogP contribution in [0.3, 0.4) is 0 Å². The maximum absolute atomic E-state index is 12.1. The molecular weight excluding hydrogens is 220 g/mol. The van der Waals surface area contributed by atoms with Crippen molar-refractivity contribution in [3.05, 3.63) is 0 Å². The molecule has 1 aliphatic carbocycles. The summed E-state index contributed by atoms with van der Waals surface area (Å²) < 4.78 is 5.72. The van der Waals surface area contributed by atoms with Gasteiger partial charge in [0.05, 0.1) is 0 Å². The maximum Gasteiger partial charge on any atom is 0.167 e. The van der Waals surface area contributed by atoms with Gasteiger partial charge in [-0.2, -0.15) is 0 Å². The summed E-state index contributed by atoms with van der Waals surface area (Å²) in [6.45, 7) is 0.763. The van der Waals surface area contributed by atoms with E-state index in [4.69, 9.17) is 9.84 Å². The van der Waals surface area contributed by atoms with Crippen LogP contribution in [0.5, 0.6) is 0 Å². The van der Waals surface area contributed by atoms with Gasteiger partial charge in [-0.3, -0.25) is 4.79 Å². The fraction of sp³-hybridized carbons (Fsp3) is 0.923. The standard InChI is InChI=1S/C13H22O4/c14-9-3-1-5-11(15)13(16)8-7-12(13)6-2-4-10-17-12/h14,16H,1-10H2/t12-,13+/m1/s1. The van der Waals surface area contributed by atoms with E-state index in [0.717, 1.165) is 25.7 Å². The first-order chi connectivity index (χ1) is 8.15. The zero-order chi connectivity index (χ0) is 12.4. The predicted octanol–water partition coefficient (Wildman–Crippen LogP) is 1.18. The van der Waals surface area contributed by atoms with Crippen LogP contribution >= 0.6 is 0 Å². The van der Waals surface area contributed by atoms with Gasteiger partial charge in [0.1, 0.15) is 5.60 Å². The van der Waals surface area contributed by atoms with Crippen molar-refractivity contribution in [3.63, 3.8) is 0 Å². The second-order valence-electron chi connectivity index (χ2n) is 5.26. The number of ketones is 1. The lowest BCUT2D eigenvalue weighted by atomic mass is 9.59. The van der Waals surface area contributed by atoms with Gasteiger partial charge in [0.2, 0.25) is 0 Å². The van der Waals surface area contributed by atoms with Crippen LogP contribution in [0.4, 0.5) is 0 Å². The minimum absolute atomic E-state index is 0.0981. The summed E-state index contributed by atoms with van der Waals surface area (Å²) >= 11 is 0. The Bertz CT molecular complexity index is 283. The molecule has 98 valence electrons. The van der Waals surface area contributed by atoms with Gasteiger partial charge < -0.3 is 14.9 Å². The molecule has 0 radical (unpaired) electrons. The van der Waals surface area contributed by atoms with Crippen LogP contribution in [0.15, 0.2) is 0 Å². The second kappa shape index (κ2) is 5.04.